The van der Waals surface area contributed by atoms with E-state index < -0.39 is 0 Å². The zero-order chi connectivity index (χ0) is 15.6. The van der Waals surface area contributed by atoms with Crippen LogP contribution in [0.25, 0.3) is 0 Å². The molecule has 0 aromatic heterocycles. The summed E-state index contributed by atoms with van der Waals surface area (Å²) < 4.78 is 0. The number of hydrogen-bond donors (Lipinski definition) is 0. The number of hydrogen-bond acceptors (Lipinski definition) is 2. The molecule has 0 spiro atoms. The molecule has 2 aliphatic heterocycles. The third kappa shape index (κ3) is 3.45. The number of fused-ring (bicyclic) bond motifs is 1. The fraction of sp³-hybridized carbons (Fsp3) is 0.700. The largest absolute Gasteiger partial charge is 0.298 e. The molecule has 1 aromatic rings. The Morgan fingerprint density at radius 1 is 0.870 bits per heavy atom. The van der Waals surface area contributed by atoms with Crippen molar-refractivity contribution in [2.45, 2.75) is 63.6 Å². The SMILES string of the molecule is Clc1ccc(CN2CCN3CCC[C@H]3[C@@H]2C2CCCCC2)cc1. The average Bonchev–Trinajstić information content (AvgIpc) is 3.06. The minimum Gasteiger partial charge on any atom is -0.298 e. The minimum atomic E-state index is 0.780. The van der Waals surface area contributed by atoms with Gasteiger partial charge in [-0.1, -0.05) is 43.0 Å². The lowest BCUT2D eigenvalue weighted by Crippen LogP contribution is -2.59. The average molecular weight is 333 g/mol. The van der Waals surface area contributed by atoms with Gasteiger partial charge >= 0.3 is 0 Å². The fourth-order valence-electron chi connectivity index (χ4n) is 5.26. The predicted octanol–water partition coefficient (Wildman–Crippen LogP) is 4.57. The van der Waals surface area contributed by atoms with E-state index in [4.69, 9.17) is 11.6 Å². The summed E-state index contributed by atoms with van der Waals surface area (Å²) in [6.07, 6.45) is 10.1. The van der Waals surface area contributed by atoms with E-state index >= 15 is 0 Å². The van der Waals surface area contributed by atoms with Crippen molar-refractivity contribution in [3.05, 3.63) is 34.9 Å². The lowest BCUT2D eigenvalue weighted by atomic mass is 9.78. The van der Waals surface area contributed by atoms with Crippen LogP contribution in [-0.2, 0) is 6.54 Å². The van der Waals surface area contributed by atoms with E-state index in [0.29, 0.717) is 0 Å². The summed E-state index contributed by atoms with van der Waals surface area (Å²) in [6.45, 7) is 4.94. The molecule has 3 heteroatoms. The lowest BCUT2D eigenvalue weighted by Gasteiger charge is -2.49. The van der Waals surface area contributed by atoms with Crippen molar-refractivity contribution < 1.29 is 0 Å². The third-order valence-corrected chi connectivity index (χ3v) is 6.59. The molecule has 1 aliphatic carbocycles. The van der Waals surface area contributed by atoms with Crippen LogP contribution in [0.3, 0.4) is 0 Å². The number of piperazine rings is 1. The van der Waals surface area contributed by atoms with Crippen molar-refractivity contribution in [1.29, 1.82) is 0 Å². The Labute approximate surface area is 145 Å². The molecule has 126 valence electrons. The van der Waals surface area contributed by atoms with Crippen LogP contribution in [0.4, 0.5) is 0 Å². The minimum absolute atomic E-state index is 0.780. The first-order chi connectivity index (χ1) is 11.3. The van der Waals surface area contributed by atoms with Gasteiger partial charge in [0.2, 0.25) is 0 Å². The molecule has 3 aliphatic rings. The van der Waals surface area contributed by atoms with E-state index in [2.05, 4.69) is 21.9 Å². The normalized spacial score (nSPS) is 30.5. The highest BCUT2D eigenvalue weighted by molar-refractivity contribution is 6.30. The number of rotatable bonds is 3. The number of halogens is 1. The molecular weight excluding hydrogens is 304 g/mol. The summed E-state index contributed by atoms with van der Waals surface area (Å²) in [5, 5.41) is 0.846. The molecule has 0 N–H and O–H groups in total. The van der Waals surface area contributed by atoms with Gasteiger partial charge in [0.1, 0.15) is 0 Å². The first-order valence-corrected chi connectivity index (χ1v) is 9.91. The second-order valence-electron chi connectivity index (χ2n) is 7.73. The Bertz CT molecular complexity index is 509. The van der Waals surface area contributed by atoms with Crippen molar-refractivity contribution >= 4 is 11.6 Å². The molecule has 2 nitrogen and oxygen atoms in total. The molecule has 0 amide bonds. The number of benzene rings is 1. The van der Waals surface area contributed by atoms with Crippen molar-refractivity contribution in [2.24, 2.45) is 5.92 Å². The van der Waals surface area contributed by atoms with E-state index in [1.54, 1.807) is 0 Å². The molecule has 4 rings (SSSR count). The zero-order valence-corrected chi connectivity index (χ0v) is 14.8. The van der Waals surface area contributed by atoms with Crippen molar-refractivity contribution in [3.63, 3.8) is 0 Å². The Morgan fingerprint density at radius 2 is 1.65 bits per heavy atom. The highest BCUT2D eigenvalue weighted by Crippen LogP contribution is 2.38. The maximum atomic E-state index is 6.06. The zero-order valence-electron chi connectivity index (χ0n) is 14.1. The first-order valence-electron chi connectivity index (χ1n) is 9.54. The molecule has 0 unspecified atom stereocenters. The van der Waals surface area contributed by atoms with Crippen LogP contribution in [0.15, 0.2) is 24.3 Å². The Morgan fingerprint density at radius 3 is 2.43 bits per heavy atom. The topological polar surface area (TPSA) is 6.48 Å². The van der Waals surface area contributed by atoms with Crippen LogP contribution in [0.2, 0.25) is 5.02 Å². The van der Waals surface area contributed by atoms with Gasteiger partial charge in [-0.25, -0.2) is 0 Å². The molecule has 23 heavy (non-hydrogen) atoms. The van der Waals surface area contributed by atoms with Gasteiger partial charge in [0.05, 0.1) is 0 Å². The van der Waals surface area contributed by atoms with E-state index in [-0.39, 0.29) is 0 Å². The Balaban J connectivity index is 1.53. The summed E-state index contributed by atoms with van der Waals surface area (Å²) in [5.74, 6) is 0.918. The van der Waals surface area contributed by atoms with Crippen LogP contribution in [0.5, 0.6) is 0 Å². The van der Waals surface area contributed by atoms with Gasteiger partial charge in [0.25, 0.3) is 0 Å². The van der Waals surface area contributed by atoms with Crippen LogP contribution in [-0.4, -0.2) is 41.5 Å². The molecule has 2 heterocycles. The monoisotopic (exact) mass is 332 g/mol. The molecular formula is C20H29ClN2. The van der Waals surface area contributed by atoms with Gasteiger partial charge in [-0.2, -0.15) is 0 Å². The van der Waals surface area contributed by atoms with Crippen molar-refractivity contribution in [2.75, 3.05) is 19.6 Å². The highest BCUT2D eigenvalue weighted by Gasteiger charge is 2.42. The third-order valence-electron chi connectivity index (χ3n) is 6.34. The van der Waals surface area contributed by atoms with E-state index in [9.17, 15) is 0 Å². The lowest BCUT2D eigenvalue weighted by molar-refractivity contribution is -0.00379. The number of nitrogens with zero attached hydrogens (tertiary/aromatic N) is 2. The summed E-state index contributed by atoms with van der Waals surface area (Å²) in [4.78, 5) is 5.60. The summed E-state index contributed by atoms with van der Waals surface area (Å²) in [7, 11) is 0. The van der Waals surface area contributed by atoms with Crippen LogP contribution < -0.4 is 0 Å². The quantitative estimate of drug-likeness (QED) is 0.800. The molecule has 0 bridgehead atoms. The van der Waals surface area contributed by atoms with Gasteiger partial charge in [-0.05, 0) is 55.8 Å². The van der Waals surface area contributed by atoms with Crippen LogP contribution >= 0.6 is 11.6 Å². The van der Waals surface area contributed by atoms with Crippen LogP contribution in [0, 0.1) is 5.92 Å². The standard InChI is InChI=1S/C20H29ClN2/c21-18-10-8-16(9-11-18)15-23-14-13-22-12-4-7-19(22)20(23)17-5-2-1-3-6-17/h8-11,17,19-20H,1-7,12-15H2/t19-,20-/m0/s1. The van der Waals surface area contributed by atoms with E-state index in [0.717, 1.165) is 29.6 Å². The smallest absolute Gasteiger partial charge is 0.0406 e. The first kappa shape index (κ1) is 15.9. The van der Waals surface area contributed by atoms with Gasteiger partial charge in [0.15, 0.2) is 0 Å². The Kier molecular flexibility index (Phi) is 4.93. The Hall–Kier alpha value is -0.570. The molecule has 1 saturated carbocycles. The van der Waals surface area contributed by atoms with E-state index in [1.165, 1.54) is 70.1 Å². The van der Waals surface area contributed by atoms with Crippen LogP contribution in [0.1, 0.15) is 50.5 Å². The molecule has 3 fully saturated rings. The summed E-state index contributed by atoms with van der Waals surface area (Å²) in [6, 6.07) is 10.1. The van der Waals surface area contributed by atoms with Gasteiger partial charge in [0, 0.05) is 36.7 Å². The molecule has 2 saturated heterocycles. The van der Waals surface area contributed by atoms with Gasteiger partial charge in [-0.15, -0.1) is 0 Å². The van der Waals surface area contributed by atoms with E-state index in [1.807, 2.05) is 12.1 Å². The van der Waals surface area contributed by atoms with Crippen molar-refractivity contribution in [1.82, 2.24) is 9.80 Å². The maximum Gasteiger partial charge on any atom is 0.0406 e. The highest BCUT2D eigenvalue weighted by atomic mass is 35.5. The molecule has 0 radical (unpaired) electrons. The fourth-order valence-corrected chi connectivity index (χ4v) is 5.39. The second kappa shape index (κ2) is 7.13. The molecule has 2 atom stereocenters. The summed E-state index contributed by atoms with van der Waals surface area (Å²) in [5.41, 5.74) is 1.42. The van der Waals surface area contributed by atoms with Gasteiger partial charge in [-0.3, -0.25) is 9.80 Å². The molecule has 1 aromatic carbocycles. The van der Waals surface area contributed by atoms with Gasteiger partial charge < -0.3 is 0 Å². The summed E-state index contributed by atoms with van der Waals surface area (Å²) >= 11 is 6.06. The maximum absolute atomic E-state index is 6.06. The van der Waals surface area contributed by atoms with Crippen molar-refractivity contribution in [3.8, 4) is 0 Å². The second-order valence-corrected chi connectivity index (χ2v) is 8.17. The predicted molar refractivity (Wildman–Crippen MR) is 96.8 cm³/mol.